The van der Waals surface area contributed by atoms with Gasteiger partial charge in [0.1, 0.15) is 29.5 Å². The maximum absolute atomic E-state index is 16.0. The van der Waals surface area contributed by atoms with Crippen LogP contribution in [0.4, 0.5) is 59.3 Å². The number of aliphatic hydroxyl groups excluding tert-OH is 1. The third-order valence-electron chi connectivity index (χ3n) is 13.3. The number of halogens is 10. The highest BCUT2D eigenvalue weighted by Gasteiger charge is 2.57. The van der Waals surface area contributed by atoms with Crippen molar-refractivity contribution in [3.05, 3.63) is 101 Å². The molecule has 2 aromatic carbocycles. The predicted molar refractivity (Wildman–Crippen MR) is 254 cm³/mol. The van der Waals surface area contributed by atoms with Gasteiger partial charge >= 0.3 is 31.1 Å². The number of aliphatic hydroxyl groups is 1. The standard InChI is InChI=1S/C50H55F10N9O8/c1-47(2,49(55,56)57)40(64-45(73)75-5)42(71)63-37(17-28-10-7-27(8-11-28)9-12-29-13-16-39(61-20-29)67-23-32-14-15-33(24-67)77-32)38(70)26-68(66-43(72)41(65-46(74)76-6)48(3,4)50(58,59)60)25-34-35(51)18-30(19-36(34)52)31-21-62-69(22-31)44(53)54/h7-8,10-11,13,16,18-22,32-33,37-38,40-41,44,70H,14-15,17,23-26H2,1-6H3,(H,63,71)(H,64,73)(H,65,74)(H,66,72)/t32?,33?,37-,38-,40?,41+/m0/s1. The molecule has 2 saturated heterocycles. The van der Waals surface area contributed by atoms with Crippen molar-refractivity contribution in [1.82, 2.24) is 41.1 Å². The quantitative estimate of drug-likeness (QED) is 0.0392. The van der Waals surface area contributed by atoms with E-state index in [0.717, 1.165) is 45.3 Å². The molecule has 2 aliphatic rings. The number of alkyl halides is 8. The van der Waals surface area contributed by atoms with E-state index in [1.165, 1.54) is 24.3 Å². The number of amides is 4. The fraction of sp³-hybridized carbons (Fsp3) is 0.480. The number of fused-ring (bicyclic) bond motifs is 2. The molecular formula is C50H55F10N9O8. The SMILES string of the molecule is COC(=O)NC(C(=O)N[C@@H](Cc1ccc(C#Cc2ccc(N3CC4CCC(C3)O4)nc2)cc1)[C@@H](O)CN(Cc1c(F)cc(-c2cnn(C(F)F)c2)cc1F)NC(=O)[C@@H](NC(=O)OC)C(C)(C)C(F)(F)F)C(C)(C)C(F)(F)F. The zero-order chi connectivity index (χ0) is 56.8. The van der Waals surface area contributed by atoms with Crippen LogP contribution in [0.1, 0.15) is 69.3 Å². The van der Waals surface area contributed by atoms with Gasteiger partial charge in [0.15, 0.2) is 0 Å². The fourth-order valence-electron chi connectivity index (χ4n) is 8.38. The van der Waals surface area contributed by atoms with E-state index < -0.39 is 115 Å². The van der Waals surface area contributed by atoms with Gasteiger partial charge in [0.25, 0.3) is 5.91 Å². The highest BCUT2D eigenvalue weighted by Crippen LogP contribution is 2.42. The van der Waals surface area contributed by atoms with Gasteiger partial charge in [0.2, 0.25) is 5.91 Å². The van der Waals surface area contributed by atoms with Gasteiger partial charge in [0, 0.05) is 60.8 Å². The first-order chi connectivity index (χ1) is 36.0. The van der Waals surface area contributed by atoms with E-state index in [2.05, 4.69) is 41.6 Å². The second kappa shape index (κ2) is 24.0. The third-order valence-corrected chi connectivity index (χ3v) is 13.3. The highest BCUT2D eigenvalue weighted by atomic mass is 19.4. The molecule has 0 aliphatic carbocycles. The third kappa shape index (κ3) is 14.5. The first-order valence-corrected chi connectivity index (χ1v) is 23.7. The Balaban J connectivity index is 1.34. The maximum atomic E-state index is 16.0. The highest BCUT2D eigenvalue weighted by molar-refractivity contribution is 5.87. The fourth-order valence-corrected chi connectivity index (χ4v) is 8.38. The predicted octanol–water partition coefficient (Wildman–Crippen LogP) is 6.93. The number of hydrazine groups is 1. The van der Waals surface area contributed by atoms with Gasteiger partial charge in [-0.3, -0.25) is 15.0 Å². The number of anilines is 1. The summed E-state index contributed by atoms with van der Waals surface area (Å²) in [6.07, 6.45) is -10.5. The Morgan fingerprint density at radius 2 is 1.31 bits per heavy atom. The monoisotopic (exact) mass is 1100 g/mol. The average Bonchev–Trinajstić information content (AvgIpc) is 4.00. The number of carbonyl (C=O) groups is 4. The normalized spacial score (nSPS) is 17.4. The molecule has 3 unspecified atom stereocenters. The molecule has 6 atom stereocenters. The molecule has 0 saturated carbocycles. The number of hydrogen-bond acceptors (Lipinski definition) is 12. The largest absolute Gasteiger partial charge is 0.453 e. The minimum atomic E-state index is -5.23. The number of aromatic nitrogens is 3. The van der Waals surface area contributed by atoms with E-state index in [-0.39, 0.29) is 33.6 Å². The van der Waals surface area contributed by atoms with Crippen molar-refractivity contribution in [3.8, 4) is 23.0 Å². The number of benzene rings is 2. The lowest BCUT2D eigenvalue weighted by Gasteiger charge is -2.38. The molecule has 17 nitrogen and oxygen atoms in total. The Morgan fingerprint density at radius 3 is 1.81 bits per heavy atom. The number of methoxy groups -OCH3 is 2. The van der Waals surface area contributed by atoms with Crippen molar-refractivity contribution in [2.45, 2.75) is 109 Å². The Hall–Kier alpha value is -7.18. The molecule has 418 valence electrons. The van der Waals surface area contributed by atoms with E-state index in [1.807, 2.05) is 16.8 Å². The van der Waals surface area contributed by atoms with Crippen molar-refractivity contribution < 1.29 is 82.4 Å². The van der Waals surface area contributed by atoms with Gasteiger partial charge in [-0.1, -0.05) is 24.0 Å². The number of ether oxygens (including phenoxy) is 3. The van der Waals surface area contributed by atoms with Crippen LogP contribution in [-0.4, -0.2) is 132 Å². The van der Waals surface area contributed by atoms with Crippen molar-refractivity contribution >= 4 is 29.8 Å². The number of hydrogen-bond donors (Lipinski definition) is 5. The lowest BCUT2D eigenvalue weighted by molar-refractivity contribution is -0.221. The Morgan fingerprint density at radius 1 is 0.779 bits per heavy atom. The maximum Gasteiger partial charge on any atom is 0.407 e. The molecule has 2 bridgehead atoms. The van der Waals surface area contributed by atoms with Crippen LogP contribution in [0.25, 0.3) is 11.1 Å². The second-order valence-corrected chi connectivity index (χ2v) is 19.4. The van der Waals surface area contributed by atoms with Crippen LogP contribution in [0.2, 0.25) is 0 Å². The van der Waals surface area contributed by atoms with Crippen molar-refractivity contribution in [2.75, 3.05) is 38.8 Å². The minimum Gasteiger partial charge on any atom is -0.453 e. The first-order valence-electron chi connectivity index (χ1n) is 23.7. The zero-order valence-electron chi connectivity index (χ0n) is 42.2. The molecule has 77 heavy (non-hydrogen) atoms. The minimum absolute atomic E-state index is 0.146. The molecule has 0 radical (unpaired) electrons. The topological polar surface area (TPSA) is 202 Å². The molecule has 5 N–H and O–H groups in total. The van der Waals surface area contributed by atoms with Crippen LogP contribution in [0, 0.1) is 34.3 Å². The molecule has 4 amide bonds. The van der Waals surface area contributed by atoms with Crippen LogP contribution in [0.5, 0.6) is 0 Å². The number of rotatable bonds is 18. The van der Waals surface area contributed by atoms with E-state index >= 15 is 8.78 Å². The molecule has 0 spiro atoms. The molecule has 27 heteroatoms. The summed E-state index contributed by atoms with van der Waals surface area (Å²) < 4.78 is 161. The van der Waals surface area contributed by atoms with Gasteiger partial charge < -0.3 is 40.2 Å². The summed E-state index contributed by atoms with van der Waals surface area (Å²) in [4.78, 5) is 59.4. The molecule has 2 aliphatic heterocycles. The second-order valence-electron chi connectivity index (χ2n) is 19.4. The molecule has 2 aromatic heterocycles. The Labute approximate surface area is 434 Å². The van der Waals surface area contributed by atoms with Crippen LogP contribution in [0.15, 0.2) is 67.1 Å². The van der Waals surface area contributed by atoms with Gasteiger partial charge in [-0.2, -0.15) is 40.2 Å². The van der Waals surface area contributed by atoms with Crippen LogP contribution in [0.3, 0.4) is 0 Å². The van der Waals surface area contributed by atoms with Crippen LogP contribution < -0.4 is 26.3 Å². The van der Waals surface area contributed by atoms with Gasteiger partial charge in [0.05, 0.1) is 55.6 Å². The zero-order valence-corrected chi connectivity index (χ0v) is 42.2. The number of morpholine rings is 1. The number of nitrogens with one attached hydrogen (secondary N) is 4. The van der Waals surface area contributed by atoms with Crippen molar-refractivity contribution in [1.29, 1.82) is 0 Å². The first kappa shape index (κ1) is 59.1. The molecule has 2 fully saturated rings. The summed E-state index contributed by atoms with van der Waals surface area (Å²) in [6.45, 7) is -1.70. The van der Waals surface area contributed by atoms with Gasteiger partial charge in [-0.05, 0) is 94.5 Å². The number of carbonyl (C=O) groups excluding carboxylic acids is 4. The number of nitrogens with zero attached hydrogens (tertiary/aromatic N) is 5. The Kier molecular flexibility index (Phi) is 18.4. The van der Waals surface area contributed by atoms with E-state index in [4.69, 9.17) is 4.74 Å². The van der Waals surface area contributed by atoms with E-state index in [9.17, 15) is 59.4 Å². The molecule has 4 aromatic rings. The van der Waals surface area contributed by atoms with Crippen molar-refractivity contribution in [3.63, 3.8) is 0 Å². The summed E-state index contributed by atoms with van der Waals surface area (Å²) in [7, 11) is 1.60. The summed E-state index contributed by atoms with van der Waals surface area (Å²) in [5.41, 5.74) is -4.25. The number of alkyl carbamates (subject to hydrolysis) is 2. The summed E-state index contributed by atoms with van der Waals surface area (Å²) in [6, 6.07) is 4.23. The van der Waals surface area contributed by atoms with Gasteiger partial charge in [-0.25, -0.2) is 33.0 Å². The van der Waals surface area contributed by atoms with Crippen LogP contribution >= 0.6 is 0 Å². The summed E-state index contributed by atoms with van der Waals surface area (Å²) in [5, 5.41) is 21.9. The molecule has 6 rings (SSSR count). The van der Waals surface area contributed by atoms with Gasteiger partial charge in [-0.15, -0.1) is 0 Å². The summed E-state index contributed by atoms with van der Waals surface area (Å²) in [5.74, 6) is 0.687. The Bertz CT molecular complexity index is 2770. The molecule has 4 heterocycles. The summed E-state index contributed by atoms with van der Waals surface area (Å²) >= 11 is 0. The average molecular weight is 1100 g/mol. The van der Waals surface area contributed by atoms with E-state index in [1.54, 1.807) is 17.6 Å². The number of pyridine rings is 1. The molecular weight excluding hydrogens is 1040 g/mol. The smallest absolute Gasteiger partial charge is 0.407 e. The van der Waals surface area contributed by atoms with E-state index in [0.29, 0.717) is 69.1 Å². The lowest BCUT2D eigenvalue weighted by atomic mass is 9.82. The lowest BCUT2D eigenvalue weighted by Crippen LogP contribution is -2.63. The van der Waals surface area contributed by atoms with Crippen molar-refractivity contribution in [2.24, 2.45) is 10.8 Å². The van der Waals surface area contributed by atoms with Crippen LogP contribution in [-0.2, 0) is 36.8 Å².